The van der Waals surface area contributed by atoms with Crippen LogP contribution in [-0.4, -0.2) is 18.5 Å². The summed E-state index contributed by atoms with van der Waals surface area (Å²) in [4.78, 5) is 2.39. The molecule has 0 spiro atoms. The molecule has 0 aliphatic heterocycles. The largest absolute Gasteiger partial charge is 0.302 e. The molecule has 1 nitrogen and oxygen atoms in total. The van der Waals surface area contributed by atoms with Gasteiger partial charge in [-0.3, -0.25) is 0 Å². The van der Waals surface area contributed by atoms with Crippen molar-refractivity contribution in [2.75, 3.05) is 13.6 Å². The first-order valence-corrected chi connectivity index (χ1v) is 8.20. The third kappa shape index (κ3) is 4.30. The van der Waals surface area contributed by atoms with E-state index in [1.165, 1.54) is 21.9 Å². The standard InChI is InChI=1S/C22H23N/c1-23(17-8-7-12-19-10-3-2-4-11-19)18-21-15-9-14-20-13-5-6-16-22(20)21/h2-7,9-16H,8,17-18H2,1H3. The van der Waals surface area contributed by atoms with Crippen molar-refractivity contribution >= 4 is 16.8 Å². The average Bonchev–Trinajstić information content (AvgIpc) is 2.60. The first kappa shape index (κ1) is 15.5. The fourth-order valence-electron chi connectivity index (χ4n) is 2.88. The van der Waals surface area contributed by atoms with Gasteiger partial charge in [-0.25, -0.2) is 0 Å². The van der Waals surface area contributed by atoms with Crippen LogP contribution in [0.4, 0.5) is 0 Å². The zero-order chi connectivity index (χ0) is 15.9. The highest BCUT2D eigenvalue weighted by Crippen LogP contribution is 2.19. The van der Waals surface area contributed by atoms with Gasteiger partial charge in [0.2, 0.25) is 0 Å². The summed E-state index contributed by atoms with van der Waals surface area (Å²) in [5, 5.41) is 2.68. The predicted molar refractivity (Wildman–Crippen MR) is 100 cm³/mol. The van der Waals surface area contributed by atoms with Gasteiger partial charge in [-0.1, -0.05) is 84.9 Å². The van der Waals surface area contributed by atoms with Gasteiger partial charge in [-0.15, -0.1) is 0 Å². The lowest BCUT2D eigenvalue weighted by Crippen LogP contribution is -2.18. The lowest BCUT2D eigenvalue weighted by atomic mass is 10.0. The van der Waals surface area contributed by atoms with Crippen molar-refractivity contribution < 1.29 is 0 Å². The highest BCUT2D eigenvalue weighted by molar-refractivity contribution is 5.85. The minimum absolute atomic E-state index is 0.987. The Morgan fingerprint density at radius 3 is 2.43 bits per heavy atom. The van der Waals surface area contributed by atoms with E-state index in [9.17, 15) is 0 Å². The second-order valence-corrected chi connectivity index (χ2v) is 5.98. The van der Waals surface area contributed by atoms with Crippen LogP contribution in [0.25, 0.3) is 16.8 Å². The normalized spacial score (nSPS) is 11.6. The summed E-state index contributed by atoms with van der Waals surface area (Å²) in [6.07, 6.45) is 5.52. The van der Waals surface area contributed by atoms with Crippen LogP contribution in [0.15, 0.2) is 78.9 Å². The smallest absolute Gasteiger partial charge is 0.0236 e. The monoisotopic (exact) mass is 301 g/mol. The SMILES string of the molecule is CN(CCC=Cc1ccccc1)Cc1cccc2ccccc12. The molecule has 3 aromatic carbocycles. The molecule has 0 saturated carbocycles. The van der Waals surface area contributed by atoms with E-state index in [-0.39, 0.29) is 0 Å². The van der Waals surface area contributed by atoms with Gasteiger partial charge in [0.1, 0.15) is 0 Å². The first-order valence-electron chi connectivity index (χ1n) is 8.20. The van der Waals surface area contributed by atoms with Crippen LogP contribution in [0.3, 0.4) is 0 Å². The molecule has 23 heavy (non-hydrogen) atoms. The van der Waals surface area contributed by atoms with Crippen LogP contribution in [0, 0.1) is 0 Å². The third-order valence-corrected chi connectivity index (χ3v) is 4.11. The summed E-state index contributed by atoms with van der Waals surface area (Å²) in [7, 11) is 2.19. The van der Waals surface area contributed by atoms with E-state index < -0.39 is 0 Å². The first-order chi connectivity index (χ1) is 11.3. The van der Waals surface area contributed by atoms with Crippen molar-refractivity contribution in [2.45, 2.75) is 13.0 Å². The van der Waals surface area contributed by atoms with Gasteiger partial charge in [-0.2, -0.15) is 0 Å². The lowest BCUT2D eigenvalue weighted by Gasteiger charge is -2.17. The number of benzene rings is 3. The molecule has 0 aliphatic carbocycles. The number of rotatable bonds is 6. The van der Waals surface area contributed by atoms with E-state index in [1.807, 2.05) is 0 Å². The van der Waals surface area contributed by atoms with Gasteiger partial charge >= 0.3 is 0 Å². The Balaban J connectivity index is 1.57. The number of fused-ring (bicyclic) bond motifs is 1. The molecule has 0 bridgehead atoms. The molecule has 3 rings (SSSR count). The van der Waals surface area contributed by atoms with Gasteiger partial charge < -0.3 is 4.90 Å². The van der Waals surface area contributed by atoms with Crippen molar-refractivity contribution in [1.82, 2.24) is 4.90 Å². The number of hydrogen-bond donors (Lipinski definition) is 0. The van der Waals surface area contributed by atoms with E-state index in [1.54, 1.807) is 0 Å². The molecule has 0 unspecified atom stereocenters. The van der Waals surface area contributed by atoms with Gasteiger partial charge in [0.15, 0.2) is 0 Å². The molecule has 0 fully saturated rings. The molecule has 0 aliphatic rings. The van der Waals surface area contributed by atoms with Crippen molar-refractivity contribution in [3.8, 4) is 0 Å². The summed E-state index contributed by atoms with van der Waals surface area (Å²) in [5.74, 6) is 0. The Morgan fingerprint density at radius 1 is 0.826 bits per heavy atom. The molecular weight excluding hydrogens is 278 g/mol. The molecular formula is C22H23N. The maximum Gasteiger partial charge on any atom is 0.0236 e. The Morgan fingerprint density at radius 2 is 1.57 bits per heavy atom. The number of nitrogens with zero attached hydrogens (tertiary/aromatic N) is 1. The quantitative estimate of drug-likeness (QED) is 0.591. The van der Waals surface area contributed by atoms with Crippen LogP contribution in [0.5, 0.6) is 0 Å². The molecule has 0 aromatic heterocycles. The van der Waals surface area contributed by atoms with Gasteiger partial charge in [0.25, 0.3) is 0 Å². The zero-order valence-corrected chi connectivity index (χ0v) is 13.7. The Hall–Kier alpha value is -2.38. The highest BCUT2D eigenvalue weighted by atomic mass is 15.1. The van der Waals surface area contributed by atoms with Crippen LogP contribution in [0.2, 0.25) is 0 Å². The second-order valence-electron chi connectivity index (χ2n) is 5.98. The Bertz CT molecular complexity index is 769. The molecule has 0 N–H and O–H groups in total. The van der Waals surface area contributed by atoms with Crippen molar-refractivity contribution in [3.63, 3.8) is 0 Å². The predicted octanol–water partition coefficient (Wildman–Crippen LogP) is 5.38. The molecule has 0 radical (unpaired) electrons. The van der Waals surface area contributed by atoms with Gasteiger partial charge in [0, 0.05) is 13.1 Å². The summed E-state index contributed by atoms with van der Waals surface area (Å²) in [6, 6.07) is 25.7. The average molecular weight is 301 g/mol. The summed E-state index contributed by atoms with van der Waals surface area (Å²) < 4.78 is 0. The van der Waals surface area contributed by atoms with Crippen molar-refractivity contribution in [2.24, 2.45) is 0 Å². The van der Waals surface area contributed by atoms with E-state index in [2.05, 4.69) is 96.9 Å². The highest BCUT2D eigenvalue weighted by Gasteiger charge is 2.03. The lowest BCUT2D eigenvalue weighted by molar-refractivity contribution is 0.335. The molecule has 116 valence electrons. The van der Waals surface area contributed by atoms with Crippen LogP contribution in [0.1, 0.15) is 17.5 Å². The minimum Gasteiger partial charge on any atom is -0.302 e. The maximum absolute atomic E-state index is 2.39. The third-order valence-electron chi connectivity index (χ3n) is 4.11. The van der Waals surface area contributed by atoms with Crippen LogP contribution < -0.4 is 0 Å². The minimum atomic E-state index is 0.987. The summed E-state index contributed by atoms with van der Waals surface area (Å²) >= 11 is 0. The Labute approximate surface area is 138 Å². The topological polar surface area (TPSA) is 3.24 Å². The number of hydrogen-bond acceptors (Lipinski definition) is 1. The summed E-state index contributed by atoms with van der Waals surface area (Å²) in [5.41, 5.74) is 2.67. The zero-order valence-electron chi connectivity index (χ0n) is 13.7. The van der Waals surface area contributed by atoms with E-state index in [0.29, 0.717) is 0 Å². The van der Waals surface area contributed by atoms with E-state index in [0.717, 1.165) is 19.5 Å². The molecule has 0 atom stereocenters. The molecule has 0 saturated heterocycles. The van der Waals surface area contributed by atoms with Crippen LogP contribution >= 0.6 is 0 Å². The Kier molecular flexibility index (Phi) is 5.23. The molecule has 0 amide bonds. The maximum atomic E-state index is 2.39. The second kappa shape index (κ2) is 7.75. The van der Waals surface area contributed by atoms with E-state index >= 15 is 0 Å². The fourth-order valence-corrected chi connectivity index (χ4v) is 2.88. The fraction of sp³-hybridized carbons (Fsp3) is 0.182. The van der Waals surface area contributed by atoms with Gasteiger partial charge in [0.05, 0.1) is 0 Å². The van der Waals surface area contributed by atoms with E-state index in [4.69, 9.17) is 0 Å². The molecule has 3 aromatic rings. The molecule has 1 heteroatoms. The van der Waals surface area contributed by atoms with Gasteiger partial charge in [-0.05, 0) is 35.4 Å². The van der Waals surface area contributed by atoms with Crippen molar-refractivity contribution in [3.05, 3.63) is 90.0 Å². The molecule has 0 heterocycles. The van der Waals surface area contributed by atoms with Crippen LogP contribution in [-0.2, 0) is 6.54 Å². The van der Waals surface area contributed by atoms with Crippen molar-refractivity contribution in [1.29, 1.82) is 0 Å². The summed E-state index contributed by atoms with van der Waals surface area (Å²) in [6.45, 7) is 2.05.